The normalized spacial score (nSPS) is 45.6. The Labute approximate surface area is 99.8 Å². The summed E-state index contributed by atoms with van der Waals surface area (Å²) in [5.74, 6) is 1.87. The molecule has 0 radical (unpaired) electrons. The summed E-state index contributed by atoms with van der Waals surface area (Å²) < 4.78 is 0. The number of nitrogens with one attached hydrogen (secondary N) is 1. The summed E-state index contributed by atoms with van der Waals surface area (Å²) in [6.07, 6.45) is 10.2. The highest BCUT2D eigenvalue weighted by atomic mass is 15.2. The fourth-order valence-electron chi connectivity index (χ4n) is 4.34. The molecule has 0 aromatic rings. The van der Waals surface area contributed by atoms with Gasteiger partial charge in [0.15, 0.2) is 0 Å². The summed E-state index contributed by atoms with van der Waals surface area (Å²) in [7, 11) is 2.38. The summed E-state index contributed by atoms with van der Waals surface area (Å²) in [4.78, 5) is 2.70. The van der Waals surface area contributed by atoms with Crippen LogP contribution in [0.4, 0.5) is 0 Å². The van der Waals surface area contributed by atoms with Crippen LogP contribution in [0.25, 0.3) is 0 Å². The number of rotatable bonds is 0. The quantitative estimate of drug-likeness (QED) is 0.676. The second kappa shape index (κ2) is 4.66. The minimum atomic E-state index is 0.838. The first kappa shape index (κ1) is 11.0. The molecule has 1 N–H and O–H groups in total. The van der Waals surface area contributed by atoms with Gasteiger partial charge in [0.2, 0.25) is 0 Å². The summed E-state index contributed by atoms with van der Waals surface area (Å²) >= 11 is 0. The fraction of sp³-hybridized carbons (Fsp3) is 1.00. The number of hydrogen-bond acceptors (Lipinski definition) is 2. The first-order chi connectivity index (χ1) is 7.84. The first-order valence-electron chi connectivity index (χ1n) is 7.28. The van der Waals surface area contributed by atoms with Crippen molar-refractivity contribution >= 4 is 0 Å². The first-order valence-corrected chi connectivity index (χ1v) is 7.28. The molecule has 4 atom stereocenters. The lowest BCUT2D eigenvalue weighted by Crippen LogP contribution is -2.52. The van der Waals surface area contributed by atoms with E-state index < -0.39 is 0 Å². The Hall–Kier alpha value is -0.0800. The molecule has 16 heavy (non-hydrogen) atoms. The monoisotopic (exact) mass is 222 g/mol. The summed E-state index contributed by atoms with van der Waals surface area (Å²) in [6, 6.07) is 1.72. The molecule has 2 aliphatic carbocycles. The van der Waals surface area contributed by atoms with Gasteiger partial charge in [-0.3, -0.25) is 0 Å². The zero-order valence-corrected chi connectivity index (χ0v) is 10.6. The van der Waals surface area contributed by atoms with Gasteiger partial charge in [-0.25, -0.2) is 0 Å². The molecule has 4 unspecified atom stereocenters. The van der Waals surface area contributed by atoms with Crippen LogP contribution in [-0.4, -0.2) is 37.1 Å². The maximum absolute atomic E-state index is 3.88. The molecule has 1 saturated heterocycles. The van der Waals surface area contributed by atoms with Crippen molar-refractivity contribution in [2.24, 2.45) is 11.8 Å². The smallest absolute Gasteiger partial charge is 0.0133 e. The number of hydrogen-bond donors (Lipinski definition) is 1. The van der Waals surface area contributed by atoms with Crippen LogP contribution < -0.4 is 5.32 Å². The van der Waals surface area contributed by atoms with Crippen LogP contribution in [0.1, 0.15) is 44.9 Å². The molecule has 0 spiro atoms. The Balaban J connectivity index is 1.72. The third kappa shape index (κ3) is 2.02. The Bertz CT molecular complexity index is 241. The molecular formula is C14H26N2. The maximum Gasteiger partial charge on any atom is 0.0133 e. The van der Waals surface area contributed by atoms with Crippen molar-refractivity contribution in [2.45, 2.75) is 57.0 Å². The van der Waals surface area contributed by atoms with Crippen molar-refractivity contribution in [1.29, 1.82) is 0 Å². The topological polar surface area (TPSA) is 15.3 Å². The fourth-order valence-corrected chi connectivity index (χ4v) is 4.34. The van der Waals surface area contributed by atoms with Crippen LogP contribution in [0.15, 0.2) is 0 Å². The zero-order chi connectivity index (χ0) is 11.0. The second-order valence-corrected chi connectivity index (χ2v) is 6.26. The van der Waals surface area contributed by atoms with Crippen molar-refractivity contribution in [3.8, 4) is 0 Å². The van der Waals surface area contributed by atoms with E-state index in [2.05, 4.69) is 17.3 Å². The molecular weight excluding hydrogens is 196 g/mol. The highest BCUT2D eigenvalue weighted by Crippen LogP contribution is 2.33. The average Bonchev–Trinajstić information content (AvgIpc) is 2.72. The highest BCUT2D eigenvalue weighted by Gasteiger charge is 2.36. The number of nitrogens with zero attached hydrogens (tertiary/aromatic N) is 1. The molecule has 2 heteroatoms. The van der Waals surface area contributed by atoms with Crippen LogP contribution >= 0.6 is 0 Å². The van der Waals surface area contributed by atoms with Gasteiger partial charge >= 0.3 is 0 Å². The van der Waals surface area contributed by atoms with Crippen LogP contribution in [0.5, 0.6) is 0 Å². The van der Waals surface area contributed by atoms with E-state index in [-0.39, 0.29) is 0 Å². The predicted molar refractivity (Wildman–Crippen MR) is 67.5 cm³/mol. The van der Waals surface area contributed by atoms with Gasteiger partial charge in [0.1, 0.15) is 0 Å². The lowest BCUT2D eigenvalue weighted by Gasteiger charge is -2.43. The van der Waals surface area contributed by atoms with Crippen molar-refractivity contribution in [3.05, 3.63) is 0 Å². The molecule has 0 amide bonds. The van der Waals surface area contributed by atoms with Crippen LogP contribution in [0.2, 0.25) is 0 Å². The van der Waals surface area contributed by atoms with Gasteiger partial charge < -0.3 is 10.2 Å². The summed E-state index contributed by atoms with van der Waals surface area (Å²) in [6.45, 7) is 2.63. The van der Waals surface area contributed by atoms with Gasteiger partial charge in [-0.2, -0.15) is 0 Å². The molecule has 3 aliphatic rings. The van der Waals surface area contributed by atoms with E-state index in [0.717, 1.165) is 23.9 Å². The zero-order valence-electron chi connectivity index (χ0n) is 10.6. The molecule has 0 bridgehead atoms. The van der Waals surface area contributed by atoms with Crippen LogP contribution in [0.3, 0.4) is 0 Å². The second-order valence-electron chi connectivity index (χ2n) is 6.26. The third-order valence-electron chi connectivity index (χ3n) is 5.26. The van der Waals surface area contributed by atoms with Crippen molar-refractivity contribution in [1.82, 2.24) is 10.2 Å². The van der Waals surface area contributed by atoms with E-state index in [4.69, 9.17) is 0 Å². The van der Waals surface area contributed by atoms with Gasteiger partial charge in [0.25, 0.3) is 0 Å². The van der Waals surface area contributed by atoms with Crippen molar-refractivity contribution in [2.75, 3.05) is 20.1 Å². The maximum atomic E-state index is 3.88. The standard InChI is InChI=1S/C14H26N2/c1-16-10-12-6-4-7-13(12)15-9-11-5-2-3-8-14(11)16/h11-15H,2-10H2,1H3. The van der Waals surface area contributed by atoms with Gasteiger partial charge in [-0.15, -0.1) is 0 Å². The molecule has 1 heterocycles. The molecule has 0 aromatic carbocycles. The Morgan fingerprint density at radius 2 is 1.75 bits per heavy atom. The lowest BCUT2D eigenvalue weighted by atomic mass is 9.82. The minimum Gasteiger partial charge on any atom is -0.313 e. The Morgan fingerprint density at radius 1 is 0.938 bits per heavy atom. The SMILES string of the molecule is CN1CC2CCCC2NCC2CCCCC21. The third-order valence-corrected chi connectivity index (χ3v) is 5.26. The highest BCUT2D eigenvalue weighted by molar-refractivity contribution is 4.92. The molecule has 2 nitrogen and oxygen atoms in total. The molecule has 1 aliphatic heterocycles. The van der Waals surface area contributed by atoms with Crippen molar-refractivity contribution in [3.63, 3.8) is 0 Å². The molecule has 2 saturated carbocycles. The van der Waals surface area contributed by atoms with Gasteiger partial charge in [-0.05, 0) is 51.1 Å². The molecule has 0 aromatic heterocycles. The predicted octanol–water partition coefficient (Wildman–Crippen LogP) is 2.25. The van der Waals surface area contributed by atoms with E-state index in [0.29, 0.717) is 0 Å². The van der Waals surface area contributed by atoms with Crippen LogP contribution in [-0.2, 0) is 0 Å². The van der Waals surface area contributed by atoms with Gasteiger partial charge in [0, 0.05) is 18.6 Å². The average molecular weight is 222 g/mol. The Kier molecular flexibility index (Phi) is 3.21. The van der Waals surface area contributed by atoms with E-state index in [1.165, 1.54) is 58.0 Å². The summed E-state index contributed by atoms with van der Waals surface area (Å²) in [5, 5.41) is 3.88. The lowest BCUT2D eigenvalue weighted by molar-refractivity contribution is 0.0862. The molecule has 3 rings (SSSR count). The van der Waals surface area contributed by atoms with E-state index in [1.807, 2.05) is 0 Å². The van der Waals surface area contributed by atoms with E-state index in [9.17, 15) is 0 Å². The van der Waals surface area contributed by atoms with E-state index in [1.54, 1.807) is 0 Å². The van der Waals surface area contributed by atoms with Crippen molar-refractivity contribution < 1.29 is 0 Å². The largest absolute Gasteiger partial charge is 0.313 e. The van der Waals surface area contributed by atoms with Gasteiger partial charge in [0.05, 0.1) is 0 Å². The molecule has 3 fully saturated rings. The molecule has 92 valence electrons. The van der Waals surface area contributed by atoms with Crippen LogP contribution in [0, 0.1) is 11.8 Å². The van der Waals surface area contributed by atoms with Gasteiger partial charge in [-0.1, -0.05) is 19.3 Å². The summed E-state index contributed by atoms with van der Waals surface area (Å²) in [5.41, 5.74) is 0. The minimum absolute atomic E-state index is 0.838. The van der Waals surface area contributed by atoms with E-state index >= 15 is 0 Å². The Morgan fingerprint density at radius 3 is 2.69 bits per heavy atom. The number of fused-ring (bicyclic) bond motifs is 2.